The Labute approximate surface area is 344 Å². The van der Waals surface area contributed by atoms with Gasteiger partial charge in [-0.15, -0.1) is 0 Å². The summed E-state index contributed by atoms with van der Waals surface area (Å²) in [7, 11) is 0. The molecule has 4 heterocycles. The molecule has 0 aromatic heterocycles. The maximum atomic E-state index is 13.9. The average Bonchev–Trinajstić information content (AvgIpc) is 4.08. The van der Waals surface area contributed by atoms with Crippen LogP contribution < -0.4 is 32.3 Å². The van der Waals surface area contributed by atoms with Crippen molar-refractivity contribution in [3.63, 3.8) is 0 Å². The van der Waals surface area contributed by atoms with Crippen molar-refractivity contribution in [3.05, 3.63) is 0 Å². The Bertz CT molecular complexity index is 1670. The van der Waals surface area contributed by atoms with Crippen LogP contribution in [0.25, 0.3) is 0 Å². The van der Waals surface area contributed by atoms with E-state index in [9.17, 15) is 68.4 Å². The van der Waals surface area contributed by atoms with Gasteiger partial charge in [-0.05, 0) is 58.3 Å². The lowest BCUT2D eigenvalue weighted by molar-refractivity contribution is -0.151. The van der Waals surface area contributed by atoms with Crippen LogP contribution in [0.4, 0.5) is 0 Å². The molecule has 0 aromatic carbocycles. The quantitative estimate of drug-likeness (QED) is 0.0613. The maximum absolute atomic E-state index is 13.9. The van der Waals surface area contributed by atoms with Gasteiger partial charge in [0.05, 0.1) is 32.9 Å². The predicted octanol–water partition coefficient (Wildman–Crippen LogP) is -6.95. The van der Waals surface area contributed by atoms with Gasteiger partial charge < -0.3 is 72.3 Å². The van der Waals surface area contributed by atoms with Gasteiger partial charge in [0.2, 0.25) is 53.2 Å². The zero-order valence-electron chi connectivity index (χ0n) is 33.4. The molecule has 4 saturated heterocycles. The van der Waals surface area contributed by atoms with Gasteiger partial charge in [0.25, 0.3) is 0 Å². The Morgan fingerprint density at radius 1 is 0.583 bits per heavy atom. The van der Waals surface area contributed by atoms with E-state index in [0.29, 0.717) is 38.5 Å². The molecule has 4 fully saturated rings. The van der Waals surface area contributed by atoms with E-state index in [-0.39, 0.29) is 45.6 Å². The fourth-order valence-electron chi connectivity index (χ4n) is 7.99. The number of hydrogen-bond donors (Lipinski definition) is 10. The molecule has 8 atom stereocenters. The predicted molar refractivity (Wildman–Crippen MR) is 203 cm³/mol. The first-order chi connectivity index (χ1) is 28.6. The summed E-state index contributed by atoms with van der Waals surface area (Å²) >= 11 is 0. The Morgan fingerprint density at radius 3 is 1.53 bits per heavy atom. The van der Waals surface area contributed by atoms with Crippen LogP contribution in [0.5, 0.6) is 0 Å². The highest BCUT2D eigenvalue weighted by molar-refractivity contribution is 5.98. The molecule has 0 bridgehead atoms. The smallest absolute Gasteiger partial charge is 0.328 e. The van der Waals surface area contributed by atoms with Gasteiger partial charge in [0.15, 0.2) is 0 Å². The number of carbonyl (C=O) groups excluding carboxylic acids is 9. The summed E-state index contributed by atoms with van der Waals surface area (Å²) in [5.74, 6) is -7.78. The standard InChI is InChI=1S/C36H56N10O14/c1-19(39-27(50)15-38-29(52)20(16-47)40-30(53)21(17-48)41-31(54)23-6-2-10-43(23)28(51)14-37)33(56)45-12-4-8-25(45)35(58)46-13-5-9-26(46)34(57)44-11-3-7-24(44)32(55)42-22(18-49)36(59)60/h19-26,47-49H,2-18,37H2,1H3,(H,38,52)(H,39,50)(H,40,53)(H,41,54)(H,42,55)(H,59,60)/t19-,20-,21-,22-,23-,24-,25-,26-/m0/s1. The molecule has 4 aliphatic rings. The number of aliphatic hydroxyl groups excluding tert-OH is 3. The molecule has 0 unspecified atom stereocenters. The van der Waals surface area contributed by atoms with Gasteiger partial charge in [-0.1, -0.05) is 0 Å². The number of nitrogens with zero attached hydrogens (tertiary/aromatic N) is 4. The Hall–Kier alpha value is -5.46. The van der Waals surface area contributed by atoms with E-state index in [1.165, 1.54) is 26.5 Å². The Kier molecular flexibility index (Phi) is 17.1. The maximum Gasteiger partial charge on any atom is 0.328 e. The first kappa shape index (κ1) is 47.2. The van der Waals surface area contributed by atoms with Crippen molar-refractivity contribution >= 4 is 59.1 Å². The van der Waals surface area contributed by atoms with Crippen molar-refractivity contribution in [2.24, 2.45) is 5.73 Å². The van der Waals surface area contributed by atoms with Gasteiger partial charge in [-0.3, -0.25) is 43.2 Å². The van der Waals surface area contributed by atoms with Gasteiger partial charge in [0.1, 0.15) is 48.3 Å². The molecule has 4 aliphatic heterocycles. The van der Waals surface area contributed by atoms with Crippen LogP contribution in [-0.4, -0.2) is 207 Å². The summed E-state index contributed by atoms with van der Waals surface area (Å²) in [5.41, 5.74) is 5.41. The third-order valence-electron chi connectivity index (χ3n) is 11.1. The molecule has 4 rings (SSSR count). The Balaban J connectivity index is 1.27. The normalized spacial score (nSPS) is 23.3. The summed E-state index contributed by atoms with van der Waals surface area (Å²) in [6, 6.07) is -9.65. The third-order valence-corrected chi connectivity index (χ3v) is 11.1. The van der Waals surface area contributed by atoms with Crippen LogP contribution in [0.1, 0.15) is 58.3 Å². The monoisotopic (exact) mass is 852 g/mol. The second kappa shape index (κ2) is 21.7. The van der Waals surface area contributed by atoms with Crippen LogP contribution in [0.2, 0.25) is 0 Å². The molecule has 0 spiro atoms. The molecular weight excluding hydrogens is 796 g/mol. The number of aliphatic carboxylic acids is 1. The molecule has 24 heteroatoms. The molecule has 0 radical (unpaired) electrons. The number of carbonyl (C=O) groups is 10. The second-order valence-electron chi connectivity index (χ2n) is 15.1. The number of hydrogen-bond acceptors (Lipinski definition) is 14. The number of likely N-dealkylation sites (tertiary alicyclic amines) is 4. The van der Waals surface area contributed by atoms with E-state index < -0.39 is 134 Å². The topological polar surface area (TPSA) is 351 Å². The largest absolute Gasteiger partial charge is 0.480 e. The van der Waals surface area contributed by atoms with E-state index in [4.69, 9.17) is 5.73 Å². The fraction of sp³-hybridized carbons (Fsp3) is 0.722. The summed E-state index contributed by atoms with van der Waals surface area (Å²) in [6.07, 6.45) is 3.08. The number of nitrogens with two attached hydrogens (primary N) is 1. The van der Waals surface area contributed by atoms with Gasteiger partial charge in [0, 0.05) is 26.2 Å². The van der Waals surface area contributed by atoms with E-state index in [0.717, 1.165) is 0 Å². The first-order valence-electron chi connectivity index (χ1n) is 20.0. The molecule has 9 amide bonds. The first-order valence-corrected chi connectivity index (χ1v) is 20.0. The van der Waals surface area contributed by atoms with Crippen molar-refractivity contribution < 1.29 is 68.4 Å². The molecule has 11 N–H and O–H groups in total. The van der Waals surface area contributed by atoms with Crippen LogP contribution in [-0.2, 0) is 47.9 Å². The van der Waals surface area contributed by atoms with E-state index in [1.54, 1.807) is 0 Å². The highest BCUT2D eigenvalue weighted by atomic mass is 16.4. The zero-order chi connectivity index (χ0) is 44.3. The molecule has 60 heavy (non-hydrogen) atoms. The minimum Gasteiger partial charge on any atom is -0.480 e. The van der Waals surface area contributed by atoms with Crippen molar-refractivity contribution in [1.29, 1.82) is 0 Å². The van der Waals surface area contributed by atoms with Gasteiger partial charge in [-0.25, -0.2) is 4.79 Å². The minimum atomic E-state index is -1.61. The average molecular weight is 853 g/mol. The zero-order valence-corrected chi connectivity index (χ0v) is 33.4. The molecule has 0 aromatic rings. The van der Waals surface area contributed by atoms with Gasteiger partial charge in [-0.2, -0.15) is 0 Å². The lowest BCUT2D eigenvalue weighted by Gasteiger charge is -2.34. The lowest BCUT2D eigenvalue weighted by atomic mass is 10.1. The highest BCUT2D eigenvalue weighted by Gasteiger charge is 2.46. The molecular formula is C36H56N10O14. The summed E-state index contributed by atoms with van der Waals surface area (Å²) in [4.78, 5) is 134. The number of carboxylic acids is 1. The van der Waals surface area contributed by atoms with E-state index >= 15 is 0 Å². The van der Waals surface area contributed by atoms with Crippen molar-refractivity contribution in [3.8, 4) is 0 Å². The van der Waals surface area contributed by atoms with E-state index in [2.05, 4.69) is 26.6 Å². The lowest BCUT2D eigenvalue weighted by Crippen LogP contribution is -2.59. The third kappa shape index (κ3) is 11.2. The van der Waals surface area contributed by atoms with Crippen LogP contribution >= 0.6 is 0 Å². The van der Waals surface area contributed by atoms with Crippen LogP contribution in [0, 0.1) is 0 Å². The minimum absolute atomic E-state index is 0.181. The van der Waals surface area contributed by atoms with Crippen molar-refractivity contribution in [2.75, 3.05) is 59.1 Å². The Morgan fingerprint density at radius 2 is 1.02 bits per heavy atom. The summed E-state index contributed by atoms with van der Waals surface area (Å²) in [6.45, 7) is -1.39. The number of rotatable bonds is 18. The summed E-state index contributed by atoms with van der Waals surface area (Å²) < 4.78 is 0. The molecule has 0 saturated carbocycles. The molecule has 334 valence electrons. The SMILES string of the molecule is C[C@H](NC(=O)CNC(=O)[C@H](CO)NC(=O)[C@H](CO)NC(=O)[C@@H]1CCCN1C(=O)CN)C(=O)N1CCC[C@H]1C(=O)N1CCC[C@H]1C(=O)N1CCC[C@H]1C(=O)N[C@@H](CO)C(=O)O. The van der Waals surface area contributed by atoms with Crippen molar-refractivity contribution in [2.45, 2.75) is 107 Å². The second-order valence-corrected chi connectivity index (χ2v) is 15.1. The molecule has 24 nitrogen and oxygen atoms in total. The highest BCUT2D eigenvalue weighted by Crippen LogP contribution is 2.29. The van der Waals surface area contributed by atoms with Crippen LogP contribution in [0.15, 0.2) is 0 Å². The summed E-state index contributed by atoms with van der Waals surface area (Å²) in [5, 5.41) is 49.5. The van der Waals surface area contributed by atoms with E-state index in [1.807, 2.05) is 0 Å². The number of aliphatic hydroxyl groups is 3. The molecule has 0 aliphatic carbocycles. The van der Waals surface area contributed by atoms with Crippen LogP contribution in [0.3, 0.4) is 0 Å². The fourth-order valence-corrected chi connectivity index (χ4v) is 7.99. The number of amides is 9. The number of carboxylic acid groups (broad SMARTS) is 1. The van der Waals surface area contributed by atoms with Gasteiger partial charge >= 0.3 is 5.97 Å². The van der Waals surface area contributed by atoms with Crippen molar-refractivity contribution in [1.82, 2.24) is 46.2 Å². The number of nitrogens with one attached hydrogen (secondary N) is 5.